The second-order valence-electron chi connectivity index (χ2n) is 5.53. The number of unbranched alkanes of at least 4 members (excludes halogenated alkanes) is 1. The van der Waals surface area contributed by atoms with Gasteiger partial charge >= 0.3 is 6.18 Å². The third kappa shape index (κ3) is 9.25. The van der Waals surface area contributed by atoms with Gasteiger partial charge in [0.25, 0.3) is 0 Å². The van der Waals surface area contributed by atoms with E-state index in [-0.39, 0.29) is 0 Å². The highest BCUT2D eigenvalue weighted by Gasteiger charge is 2.38. The molecule has 3 heteroatoms. The van der Waals surface area contributed by atoms with Crippen molar-refractivity contribution in [2.24, 2.45) is 5.41 Å². The van der Waals surface area contributed by atoms with Crippen molar-refractivity contribution in [1.82, 2.24) is 0 Å². The molecule has 0 nitrogen and oxygen atoms in total. The standard InChI is InChI=1S/C14H25F3/c1-5-9-13(4,11-14(15,16)17)10-7-6-8-12(2)3/h8H,5-7,9-11H2,1-4H3. The molecule has 0 saturated heterocycles. The second-order valence-corrected chi connectivity index (χ2v) is 5.53. The van der Waals surface area contributed by atoms with Crippen molar-refractivity contribution in [3.05, 3.63) is 11.6 Å². The van der Waals surface area contributed by atoms with Crippen LogP contribution in [0.2, 0.25) is 0 Å². The maximum Gasteiger partial charge on any atom is 0.389 e. The van der Waals surface area contributed by atoms with Gasteiger partial charge in [-0.25, -0.2) is 0 Å². The van der Waals surface area contributed by atoms with Crippen LogP contribution in [0.5, 0.6) is 0 Å². The Morgan fingerprint density at radius 1 is 1.12 bits per heavy atom. The Hall–Kier alpha value is -0.470. The zero-order chi connectivity index (χ0) is 13.5. The average molecular weight is 250 g/mol. The smallest absolute Gasteiger partial charge is 0.171 e. The third-order valence-electron chi connectivity index (χ3n) is 3.02. The van der Waals surface area contributed by atoms with Gasteiger partial charge in [-0.2, -0.15) is 13.2 Å². The highest BCUT2D eigenvalue weighted by molar-refractivity contribution is 4.93. The summed E-state index contributed by atoms with van der Waals surface area (Å²) in [5.74, 6) is 0. The molecule has 0 aromatic heterocycles. The largest absolute Gasteiger partial charge is 0.389 e. The summed E-state index contributed by atoms with van der Waals surface area (Å²) < 4.78 is 37.5. The quantitative estimate of drug-likeness (QED) is 0.391. The van der Waals surface area contributed by atoms with Gasteiger partial charge in [0.1, 0.15) is 0 Å². The van der Waals surface area contributed by atoms with Crippen LogP contribution in [0.4, 0.5) is 13.2 Å². The molecule has 1 unspecified atom stereocenters. The summed E-state index contributed by atoms with van der Waals surface area (Å²) in [5, 5.41) is 0. The lowest BCUT2D eigenvalue weighted by Crippen LogP contribution is -2.25. The van der Waals surface area contributed by atoms with Crippen LogP contribution in [0.3, 0.4) is 0 Å². The Balaban J connectivity index is 4.26. The summed E-state index contributed by atoms with van der Waals surface area (Å²) in [5.41, 5.74) is 0.653. The third-order valence-corrected chi connectivity index (χ3v) is 3.02. The number of hydrogen-bond donors (Lipinski definition) is 0. The van der Waals surface area contributed by atoms with Gasteiger partial charge in [-0.3, -0.25) is 0 Å². The molecule has 0 rings (SSSR count). The van der Waals surface area contributed by atoms with Crippen molar-refractivity contribution in [2.45, 2.75) is 72.4 Å². The van der Waals surface area contributed by atoms with Crippen molar-refractivity contribution >= 4 is 0 Å². The Morgan fingerprint density at radius 3 is 2.12 bits per heavy atom. The zero-order valence-electron chi connectivity index (χ0n) is 11.5. The molecule has 17 heavy (non-hydrogen) atoms. The first-order chi connectivity index (χ1) is 7.68. The maximum atomic E-state index is 12.5. The Bertz CT molecular complexity index is 236. The van der Waals surface area contributed by atoms with E-state index < -0.39 is 18.0 Å². The van der Waals surface area contributed by atoms with Crippen molar-refractivity contribution in [3.63, 3.8) is 0 Å². The highest BCUT2D eigenvalue weighted by Crippen LogP contribution is 2.40. The molecule has 0 aromatic rings. The van der Waals surface area contributed by atoms with E-state index in [2.05, 4.69) is 6.08 Å². The zero-order valence-corrected chi connectivity index (χ0v) is 11.5. The van der Waals surface area contributed by atoms with E-state index in [4.69, 9.17) is 0 Å². The molecule has 0 fully saturated rings. The molecule has 0 aliphatic rings. The molecule has 0 aliphatic carbocycles. The Labute approximate surface area is 103 Å². The second kappa shape index (κ2) is 7.07. The summed E-state index contributed by atoms with van der Waals surface area (Å²) in [4.78, 5) is 0. The number of hydrogen-bond acceptors (Lipinski definition) is 0. The molecule has 0 radical (unpaired) electrons. The van der Waals surface area contributed by atoms with E-state index in [0.29, 0.717) is 12.8 Å². The topological polar surface area (TPSA) is 0 Å². The highest BCUT2D eigenvalue weighted by atomic mass is 19.4. The summed E-state index contributed by atoms with van der Waals surface area (Å²) in [6.07, 6.45) is 1.26. The minimum Gasteiger partial charge on any atom is -0.171 e. The minimum atomic E-state index is -4.04. The van der Waals surface area contributed by atoms with Crippen molar-refractivity contribution in [2.75, 3.05) is 0 Å². The van der Waals surface area contributed by atoms with Crippen LogP contribution in [-0.2, 0) is 0 Å². The molecule has 0 amide bonds. The molecule has 0 N–H and O–H groups in total. The first-order valence-electron chi connectivity index (χ1n) is 6.39. The molecule has 0 heterocycles. The van der Waals surface area contributed by atoms with Crippen LogP contribution >= 0.6 is 0 Å². The molecule has 0 saturated carbocycles. The van der Waals surface area contributed by atoms with Gasteiger partial charge in [0.05, 0.1) is 0 Å². The number of alkyl halides is 3. The SMILES string of the molecule is CCCC(C)(CCCC=C(C)C)CC(F)(F)F. The lowest BCUT2D eigenvalue weighted by atomic mass is 9.77. The van der Waals surface area contributed by atoms with Crippen LogP contribution in [-0.4, -0.2) is 6.18 Å². The van der Waals surface area contributed by atoms with E-state index in [1.54, 1.807) is 6.92 Å². The Kier molecular flexibility index (Phi) is 6.88. The fourth-order valence-electron chi connectivity index (χ4n) is 2.31. The van der Waals surface area contributed by atoms with Crippen LogP contribution in [0.1, 0.15) is 66.2 Å². The minimum absolute atomic E-state index is 0.581. The van der Waals surface area contributed by atoms with Crippen molar-refractivity contribution in [1.29, 1.82) is 0 Å². The van der Waals surface area contributed by atoms with Crippen LogP contribution in [0.15, 0.2) is 11.6 Å². The molecule has 102 valence electrons. The van der Waals surface area contributed by atoms with E-state index in [9.17, 15) is 13.2 Å². The average Bonchev–Trinajstić information content (AvgIpc) is 2.09. The Morgan fingerprint density at radius 2 is 1.71 bits per heavy atom. The summed E-state index contributed by atoms with van der Waals surface area (Å²) in [6.45, 7) is 7.75. The van der Waals surface area contributed by atoms with Crippen LogP contribution < -0.4 is 0 Å². The van der Waals surface area contributed by atoms with Gasteiger partial charge in [-0.05, 0) is 44.9 Å². The molecule has 0 bridgehead atoms. The van der Waals surface area contributed by atoms with Crippen molar-refractivity contribution < 1.29 is 13.2 Å². The molecular formula is C14H25F3. The molecule has 0 aromatic carbocycles. The van der Waals surface area contributed by atoms with E-state index in [1.165, 1.54) is 5.57 Å². The van der Waals surface area contributed by atoms with E-state index >= 15 is 0 Å². The van der Waals surface area contributed by atoms with Gasteiger partial charge < -0.3 is 0 Å². The van der Waals surface area contributed by atoms with Gasteiger partial charge in [-0.1, -0.05) is 31.9 Å². The van der Waals surface area contributed by atoms with Crippen LogP contribution in [0, 0.1) is 5.41 Å². The van der Waals surface area contributed by atoms with E-state index in [0.717, 1.165) is 19.3 Å². The predicted molar refractivity (Wildman–Crippen MR) is 67.0 cm³/mol. The lowest BCUT2D eigenvalue weighted by molar-refractivity contribution is -0.158. The lowest BCUT2D eigenvalue weighted by Gasteiger charge is -2.30. The van der Waals surface area contributed by atoms with Gasteiger partial charge in [0.15, 0.2) is 0 Å². The van der Waals surface area contributed by atoms with E-state index in [1.807, 2.05) is 20.8 Å². The summed E-state index contributed by atoms with van der Waals surface area (Å²) in [7, 11) is 0. The monoisotopic (exact) mass is 250 g/mol. The molecule has 1 atom stereocenters. The van der Waals surface area contributed by atoms with Crippen molar-refractivity contribution in [3.8, 4) is 0 Å². The number of halogens is 3. The first-order valence-corrected chi connectivity index (χ1v) is 6.39. The molecule has 0 aliphatic heterocycles. The normalized spacial score (nSPS) is 15.5. The van der Waals surface area contributed by atoms with Gasteiger partial charge in [0.2, 0.25) is 0 Å². The molecular weight excluding hydrogens is 225 g/mol. The predicted octanol–water partition coefficient (Wildman–Crippen LogP) is 5.88. The number of rotatable bonds is 7. The van der Waals surface area contributed by atoms with Gasteiger partial charge in [0, 0.05) is 6.42 Å². The fourth-order valence-corrected chi connectivity index (χ4v) is 2.31. The van der Waals surface area contributed by atoms with Gasteiger partial charge in [-0.15, -0.1) is 0 Å². The molecule has 0 spiro atoms. The fraction of sp³-hybridized carbons (Fsp3) is 0.857. The maximum absolute atomic E-state index is 12.5. The van der Waals surface area contributed by atoms with Crippen LogP contribution in [0.25, 0.3) is 0 Å². The summed E-state index contributed by atoms with van der Waals surface area (Å²) >= 11 is 0. The first kappa shape index (κ1) is 16.5. The number of allylic oxidation sites excluding steroid dienone is 2. The summed E-state index contributed by atoms with van der Waals surface area (Å²) in [6, 6.07) is 0.